The number of alkyl halides is 3. The van der Waals surface area contributed by atoms with Gasteiger partial charge in [-0.2, -0.15) is 0 Å². The van der Waals surface area contributed by atoms with E-state index >= 15 is 0 Å². The molecule has 0 saturated carbocycles. The summed E-state index contributed by atoms with van der Waals surface area (Å²) in [5, 5.41) is 9.17. The molecule has 0 radical (unpaired) electrons. The number of carbonyl (C=O) groups excluding carboxylic acids is 1. The number of hydrogen-bond donors (Lipinski definition) is 1. The molecule has 0 spiro atoms. The van der Waals surface area contributed by atoms with Gasteiger partial charge in [-0.3, -0.25) is 4.79 Å². The van der Waals surface area contributed by atoms with Crippen molar-refractivity contribution in [1.29, 1.82) is 0 Å². The number of rotatable bonds is 3. The minimum Gasteiger partial charge on any atom is -0.406 e. The third-order valence-electron chi connectivity index (χ3n) is 3.18. The molecule has 110 valence electrons. The second kappa shape index (κ2) is 5.70. The van der Waals surface area contributed by atoms with Crippen LogP contribution in [0.3, 0.4) is 0 Å². The number of nitrogens with zero attached hydrogens (tertiary/aromatic N) is 1. The average Bonchev–Trinajstić information content (AvgIpc) is 2.85. The highest BCUT2D eigenvalue weighted by molar-refractivity contribution is 5.94. The highest BCUT2D eigenvalue weighted by Crippen LogP contribution is 2.24. The van der Waals surface area contributed by atoms with E-state index in [1.807, 2.05) is 0 Å². The molecule has 1 heterocycles. The number of aliphatic hydroxyl groups excluding tert-OH is 1. The number of aliphatic hydroxyl groups is 1. The molecule has 1 saturated heterocycles. The third kappa shape index (κ3) is 3.41. The molecule has 1 aliphatic heterocycles. The summed E-state index contributed by atoms with van der Waals surface area (Å²) >= 11 is 0. The number of amides is 1. The van der Waals surface area contributed by atoms with E-state index < -0.39 is 6.36 Å². The molecular weight excluding hydrogens is 275 g/mol. The summed E-state index contributed by atoms with van der Waals surface area (Å²) in [6.07, 6.45) is -3.20. The molecule has 1 N–H and O–H groups in total. The van der Waals surface area contributed by atoms with Crippen LogP contribution >= 0.6 is 0 Å². The summed E-state index contributed by atoms with van der Waals surface area (Å²) in [5.74, 6) is -0.658. The van der Waals surface area contributed by atoms with Crippen LogP contribution in [0.2, 0.25) is 0 Å². The molecular formula is C13H14F3NO3. The summed E-state index contributed by atoms with van der Waals surface area (Å²) in [6, 6.07) is 4.57. The fraction of sp³-hybridized carbons (Fsp3) is 0.462. The standard InChI is InChI=1S/C13H14F3NO3/c14-13(15,16)20-11-5-3-9(4-6-11)12(19)17-7-1-2-10(17)8-18/h3-6,10,18H,1-2,7-8H2/t10-/m0/s1. The first-order valence-corrected chi connectivity index (χ1v) is 6.18. The first kappa shape index (κ1) is 14.6. The van der Waals surface area contributed by atoms with E-state index in [0.717, 1.165) is 25.0 Å². The van der Waals surface area contributed by atoms with E-state index in [0.29, 0.717) is 6.54 Å². The molecule has 0 unspecified atom stereocenters. The molecule has 0 aliphatic carbocycles. The Hall–Kier alpha value is -1.76. The fourth-order valence-electron chi connectivity index (χ4n) is 2.26. The number of halogens is 3. The topological polar surface area (TPSA) is 49.8 Å². The van der Waals surface area contributed by atoms with Crippen LogP contribution in [0.25, 0.3) is 0 Å². The Bertz CT molecular complexity index is 473. The Labute approximate surface area is 113 Å². The Morgan fingerprint density at radius 1 is 1.35 bits per heavy atom. The van der Waals surface area contributed by atoms with Gasteiger partial charge >= 0.3 is 6.36 Å². The normalized spacial score (nSPS) is 19.2. The Balaban J connectivity index is 2.08. The van der Waals surface area contributed by atoms with Crippen molar-refractivity contribution >= 4 is 5.91 Å². The van der Waals surface area contributed by atoms with Gasteiger partial charge in [-0.05, 0) is 37.1 Å². The average molecular weight is 289 g/mol. The number of benzene rings is 1. The van der Waals surface area contributed by atoms with Crippen molar-refractivity contribution in [1.82, 2.24) is 4.90 Å². The third-order valence-corrected chi connectivity index (χ3v) is 3.18. The molecule has 0 bridgehead atoms. The molecule has 2 rings (SSSR count). The molecule has 0 aromatic heterocycles. The van der Waals surface area contributed by atoms with Gasteiger partial charge in [-0.25, -0.2) is 0 Å². The minimum absolute atomic E-state index is 0.110. The molecule has 7 heteroatoms. The Kier molecular flexibility index (Phi) is 4.17. The monoisotopic (exact) mass is 289 g/mol. The van der Waals surface area contributed by atoms with Crippen LogP contribution in [-0.4, -0.2) is 41.5 Å². The van der Waals surface area contributed by atoms with E-state index in [2.05, 4.69) is 4.74 Å². The minimum atomic E-state index is -4.75. The van der Waals surface area contributed by atoms with Crippen molar-refractivity contribution in [2.24, 2.45) is 0 Å². The van der Waals surface area contributed by atoms with E-state index in [1.165, 1.54) is 12.1 Å². The van der Waals surface area contributed by atoms with Crippen LogP contribution in [0.15, 0.2) is 24.3 Å². The second-order valence-electron chi connectivity index (χ2n) is 4.55. The van der Waals surface area contributed by atoms with Crippen molar-refractivity contribution in [2.75, 3.05) is 13.2 Å². The van der Waals surface area contributed by atoms with E-state index in [1.54, 1.807) is 4.90 Å². The molecule has 4 nitrogen and oxygen atoms in total. The predicted molar refractivity (Wildman–Crippen MR) is 64.3 cm³/mol. The maximum absolute atomic E-state index is 12.2. The van der Waals surface area contributed by atoms with Gasteiger partial charge in [0.25, 0.3) is 5.91 Å². The number of carbonyl (C=O) groups is 1. The predicted octanol–water partition coefficient (Wildman–Crippen LogP) is 2.18. The summed E-state index contributed by atoms with van der Waals surface area (Å²) in [5.41, 5.74) is 0.278. The number of likely N-dealkylation sites (tertiary alicyclic amines) is 1. The van der Waals surface area contributed by atoms with Crippen LogP contribution in [0, 0.1) is 0 Å². The van der Waals surface area contributed by atoms with Crippen LogP contribution in [0.4, 0.5) is 13.2 Å². The first-order valence-electron chi connectivity index (χ1n) is 6.18. The van der Waals surface area contributed by atoms with Gasteiger partial charge in [-0.1, -0.05) is 0 Å². The highest BCUT2D eigenvalue weighted by atomic mass is 19.4. The smallest absolute Gasteiger partial charge is 0.406 e. The van der Waals surface area contributed by atoms with Crippen molar-refractivity contribution in [3.05, 3.63) is 29.8 Å². The second-order valence-corrected chi connectivity index (χ2v) is 4.55. The Morgan fingerprint density at radius 2 is 2.00 bits per heavy atom. The van der Waals surface area contributed by atoms with Crippen LogP contribution in [0.5, 0.6) is 5.75 Å². The van der Waals surface area contributed by atoms with Gasteiger partial charge < -0.3 is 14.7 Å². The van der Waals surface area contributed by atoms with E-state index in [4.69, 9.17) is 5.11 Å². The van der Waals surface area contributed by atoms with Gasteiger partial charge in [-0.15, -0.1) is 13.2 Å². The first-order chi connectivity index (χ1) is 9.40. The number of hydrogen-bond acceptors (Lipinski definition) is 3. The molecule has 1 aromatic carbocycles. The zero-order valence-electron chi connectivity index (χ0n) is 10.6. The zero-order valence-corrected chi connectivity index (χ0v) is 10.6. The SMILES string of the molecule is O=C(c1ccc(OC(F)(F)F)cc1)N1CCC[C@H]1CO. The van der Waals surface area contributed by atoms with Gasteiger partial charge in [0, 0.05) is 12.1 Å². The largest absolute Gasteiger partial charge is 0.573 e. The van der Waals surface area contributed by atoms with Crippen LogP contribution in [0.1, 0.15) is 23.2 Å². The molecule has 1 atom stereocenters. The highest BCUT2D eigenvalue weighted by Gasteiger charge is 2.31. The Morgan fingerprint density at radius 3 is 2.55 bits per heavy atom. The van der Waals surface area contributed by atoms with Crippen LogP contribution < -0.4 is 4.74 Å². The van der Waals surface area contributed by atoms with Gasteiger partial charge in [0.1, 0.15) is 5.75 Å². The van der Waals surface area contributed by atoms with Crippen molar-refractivity contribution in [2.45, 2.75) is 25.2 Å². The van der Waals surface area contributed by atoms with Gasteiger partial charge in [0.2, 0.25) is 0 Å². The lowest BCUT2D eigenvalue weighted by Gasteiger charge is -2.23. The lowest BCUT2D eigenvalue weighted by atomic mass is 10.1. The van der Waals surface area contributed by atoms with Crippen LogP contribution in [-0.2, 0) is 0 Å². The lowest BCUT2D eigenvalue weighted by molar-refractivity contribution is -0.274. The van der Waals surface area contributed by atoms with Crippen molar-refractivity contribution in [3.8, 4) is 5.75 Å². The van der Waals surface area contributed by atoms with Gasteiger partial charge in [0.05, 0.1) is 12.6 Å². The van der Waals surface area contributed by atoms with Crippen molar-refractivity contribution < 1.29 is 27.8 Å². The molecule has 1 aromatic rings. The molecule has 20 heavy (non-hydrogen) atoms. The van der Waals surface area contributed by atoms with E-state index in [9.17, 15) is 18.0 Å². The maximum Gasteiger partial charge on any atom is 0.573 e. The lowest BCUT2D eigenvalue weighted by Crippen LogP contribution is -2.37. The molecule has 1 amide bonds. The van der Waals surface area contributed by atoms with Crippen molar-refractivity contribution in [3.63, 3.8) is 0 Å². The number of ether oxygens (including phenoxy) is 1. The fourth-order valence-corrected chi connectivity index (χ4v) is 2.26. The summed E-state index contributed by atoms with van der Waals surface area (Å²) in [4.78, 5) is 13.7. The summed E-state index contributed by atoms with van der Waals surface area (Å²) in [6.45, 7) is 0.436. The van der Waals surface area contributed by atoms with E-state index in [-0.39, 0.29) is 29.9 Å². The molecule has 1 fully saturated rings. The summed E-state index contributed by atoms with van der Waals surface area (Å²) < 4.78 is 39.8. The zero-order chi connectivity index (χ0) is 14.8. The quantitative estimate of drug-likeness (QED) is 0.928. The maximum atomic E-state index is 12.2. The van der Waals surface area contributed by atoms with Gasteiger partial charge in [0.15, 0.2) is 0 Å². The summed E-state index contributed by atoms with van der Waals surface area (Å²) in [7, 11) is 0. The molecule has 1 aliphatic rings.